The zero-order valence-electron chi connectivity index (χ0n) is 14.2. The standard InChI is InChI=1S/C16H21N3O4S/c1-5-19(6-2)24(21,22)15-10-13(8-7-11(15)3)17-16(20)14-9-12(4)18-23-14/h7-10H,5-6H2,1-4H3,(H,17,20). The molecule has 1 aromatic carbocycles. The van der Waals surface area contributed by atoms with E-state index in [-0.39, 0.29) is 10.7 Å². The van der Waals surface area contributed by atoms with E-state index in [9.17, 15) is 13.2 Å². The third-order valence-electron chi connectivity index (χ3n) is 3.62. The monoisotopic (exact) mass is 351 g/mol. The predicted molar refractivity (Wildman–Crippen MR) is 90.5 cm³/mol. The minimum Gasteiger partial charge on any atom is -0.351 e. The van der Waals surface area contributed by atoms with Crippen molar-refractivity contribution < 1.29 is 17.7 Å². The van der Waals surface area contributed by atoms with Crippen LogP contribution in [0.5, 0.6) is 0 Å². The van der Waals surface area contributed by atoms with E-state index in [1.54, 1.807) is 39.8 Å². The van der Waals surface area contributed by atoms with E-state index in [4.69, 9.17) is 4.52 Å². The zero-order chi connectivity index (χ0) is 17.9. The van der Waals surface area contributed by atoms with E-state index in [1.807, 2.05) is 0 Å². The van der Waals surface area contributed by atoms with Crippen molar-refractivity contribution in [2.24, 2.45) is 0 Å². The van der Waals surface area contributed by atoms with Gasteiger partial charge < -0.3 is 9.84 Å². The summed E-state index contributed by atoms with van der Waals surface area (Å²) < 4.78 is 31.7. The maximum absolute atomic E-state index is 12.7. The fourth-order valence-corrected chi connectivity index (χ4v) is 4.03. The molecule has 0 bridgehead atoms. The molecule has 1 aromatic heterocycles. The number of carbonyl (C=O) groups is 1. The highest BCUT2D eigenvalue weighted by molar-refractivity contribution is 7.89. The highest BCUT2D eigenvalue weighted by Crippen LogP contribution is 2.24. The minimum absolute atomic E-state index is 0.0706. The van der Waals surface area contributed by atoms with E-state index >= 15 is 0 Å². The van der Waals surface area contributed by atoms with Crippen molar-refractivity contribution in [2.75, 3.05) is 18.4 Å². The first-order valence-corrected chi connectivity index (χ1v) is 9.09. The maximum atomic E-state index is 12.7. The molecule has 0 saturated heterocycles. The van der Waals surface area contributed by atoms with Crippen molar-refractivity contribution in [3.8, 4) is 0 Å². The van der Waals surface area contributed by atoms with Crippen LogP contribution in [0.25, 0.3) is 0 Å². The number of aryl methyl sites for hydroxylation is 2. The van der Waals surface area contributed by atoms with Gasteiger partial charge in [0.05, 0.1) is 10.6 Å². The number of hydrogen-bond acceptors (Lipinski definition) is 5. The van der Waals surface area contributed by atoms with Crippen LogP contribution in [-0.4, -0.2) is 36.9 Å². The lowest BCUT2D eigenvalue weighted by atomic mass is 10.2. The summed E-state index contributed by atoms with van der Waals surface area (Å²) in [6.45, 7) is 7.77. The van der Waals surface area contributed by atoms with Crippen LogP contribution in [0.1, 0.15) is 35.7 Å². The van der Waals surface area contributed by atoms with E-state index < -0.39 is 15.9 Å². The second-order valence-corrected chi connectivity index (χ2v) is 7.26. The lowest BCUT2D eigenvalue weighted by Crippen LogP contribution is -2.31. The maximum Gasteiger partial charge on any atom is 0.294 e. The van der Waals surface area contributed by atoms with Gasteiger partial charge in [0.15, 0.2) is 0 Å². The molecule has 8 heteroatoms. The van der Waals surface area contributed by atoms with Crippen LogP contribution in [-0.2, 0) is 10.0 Å². The Morgan fingerprint density at radius 1 is 1.21 bits per heavy atom. The van der Waals surface area contributed by atoms with Crippen LogP contribution in [0.15, 0.2) is 33.7 Å². The molecule has 1 heterocycles. The highest BCUT2D eigenvalue weighted by atomic mass is 32.2. The summed E-state index contributed by atoms with van der Waals surface area (Å²) in [5.74, 6) is -0.410. The highest BCUT2D eigenvalue weighted by Gasteiger charge is 2.24. The van der Waals surface area contributed by atoms with Gasteiger partial charge in [0.25, 0.3) is 5.91 Å². The van der Waals surface area contributed by atoms with Gasteiger partial charge in [0, 0.05) is 24.8 Å². The number of benzene rings is 1. The number of sulfonamides is 1. The van der Waals surface area contributed by atoms with Crippen LogP contribution >= 0.6 is 0 Å². The molecule has 2 aromatic rings. The average molecular weight is 351 g/mol. The van der Waals surface area contributed by atoms with Crippen molar-refractivity contribution in [1.82, 2.24) is 9.46 Å². The summed E-state index contributed by atoms with van der Waals surface area (Å²) in [6, 6.07) is 6.29. The lowest BCUT2D eigenvalue weighted by molar-refractivity contribution is 0.0988. The van der Waals surface area contributed by atoms with E-state index in [0.717, 1.165) is 0 Å². The molecule has 0 aliphatic heterocycles. The summed E-state index contributed by atoms with van der Waals surface area (Å²) in [5, 5.41) is 6.29. The molecule has 2 rings (SSSR count). The number of nitrogens with zero attached hydrogens (tertiary/aromatic N) is 2. The molecule has 0 radical (unpaired) electrons. The molecule has 0 atom stereocenters. The quantitative estimate of drug-likeness (QED) is 0.863. The number of carbonyl (C=O) groups excluding carboxylic acids is 1. The summed E-state index contributed by atoms with van der Waals surface area (Å²) in [7, 11) is -3.60. The Bertz CT molecular complexity index is 839. The average Bonchev–Trinajstić information content (AvgIpc) is 2.96. The Labute approximate surface area is 141 Å². The number of aromatic nitrogens is 1. The van der Waals surface area contributed by atoms with Crippen molar-refractivity contribution in [3.05, 3.63) is 41.3 Å². The lowest BCUT2D eigenvalue weighted by Gasteiger charge is -2.20. The van der Waals surface area contributed by atoms with Crippen LogP contribution < -0.4 is 5.32 Å². The van der Waals surface area contributed by atoms with Crippen molar-refractivity contribution in [1.29, 1.82) is 0 Å². The van der Waals surface area contributed by atoms with E-state index in [1.165, 1.54) is 16.4 Å². The molecular weight excluding hydrogens is 330 g/mol. The zero-order valence-corrected chi connectivity index (χ0v) is 15.0. The molecule has 1 N–H and O–H groups in total. The van der Waals surface area contributed by atoms with Crippen molar-refractivity contribution in [3.63, 3.8) is 0 Å². The van der Waals surface area contributed by atoms with Gasteiger partial charge in [-0.25, -0.2) is 8.42 Å². The molecule has 0 unspecified atom stereocenters. The molecule has 130 valence electrons. The normalized spacial score (nSPS) is 11.7. The second kappa shape index (κ2) is 7.14. The van der Waals surface area contributed by atoms with Gasteiger partial charge in [0.1, 0.15) is 0 Å². The van der Waals surface area contributed by atoms with Gasteiger partial charge >= 0.3 is 0 Å². The van der Waals surface area contributed by atoms with Gasteiger partial charge in [-0.3, -0.25) is 4.79 Å². The smallest absolute Gasteiger partial charge is 0.294 e. The SMILES string of the molecule is CCN(CC)S(=O)(=O)c1cc(NC(=O)c2cc(C)no2)ccc1C. The molecule has 0 fully saturated rings. The number of hydrogen-bond donors (Lipinski definition) is 1. The number of rotatable bonds is 6. The molecule has 1 amide bonds. The fourth-order valence-electron chi connectivity index (χ4n) is 2.32. The molecule has 24 heavy (non-hydrogen) atoms. The largest absolute Gasteiger partial charge is 0.351 e. The Morgan fingerprint density at radius 2 is 1.88 bits per heavy atom. The molecule has 0 aliphatic rings. The van der Waals surface area contributed by atoms with Crippen molar-refractivity contribution in [2.45, 2.75) is 32.6 Å². The molecule has 7 nitrogen and oxygen atoms in total. The summed E-state index contributed by atoms with van der Waals surface area (Å²) in [5.41, 5.74) is 1.59. The number of nitrogens with one attached hydrogen (secondary N) is 1. The van der Waals surface area contributed by atoms with E-state index in [2.05, 4.69) is 10.5 Å². The van der Waals surface area contributed by atoms with Gasteiger partial charge in [-0.2, -0.15) is 4.31 Å². The first-order valence-electron chi connectivity index (χ1n) is 7.65. The third kappa shape index (κ3) is 3.65. The Hall–Kier alpha value is -2.19. The summed E-state index contributed by atoms with van der Waals surface area (Å²) in [6.07, 6.45) is 0. The van der Waals surface area contributed by atoms with Crippen LogP contribution in [0.4, 0.5) is 5.69 Å². The van der Waals surface area contributed by atoms with E-state index in [0.29, 0.717) is 30.0 Å². The molecule has 0 spiro atoms. The number of amides is 1. The van der Waals surface area contributed by atoms with Gasteiger partial charge in [-0.1, -0.05) is 25.1 Å². The van der Waals surface area contributed by atoms with Crippen LogP contribution in [0.3, 0.4) is 0 Å². The first-order chi connectivity index (χ1) is 11.3. The minimum atomic E-state index is -3.60. The predicted octanol–water partition coefficient (Wildman–Crippen LogP) is 2.57. The van der Waals surface area contributed by atoms with Gasteiger partial charge in [-0.15, -0.1) is 0 Å². The van der Waals surface area contributed by atoms with Gasteiger partial charge in [0.2, 0.25) is 15.8 Å². The third-order valence-corrected chi connectivity index (χ3v) is 5.81. The summed E-state index contributed by atoms with van der Waals surface area (Å²) in [4.78, 5) is 12.3. The number of anilines is 1. The Kier molecular flexibility index (Phi) is 5.40. The summed E-state index contributed by atoms with van der Waals surface area (Å²) >= 11 is 0. The fraction of sp³-hybridized carbons (Fsp3) is 0.375. The first kappa shape index (κ1) is 18.2. The van der Waals surface area contributed by atoms with Crippen LogP contribution in [0.2, 0.25) is 0 Å². The Balaban J connectivity index is 2.33. The van der Waals surface area contributed by atoms with Gasteiger partial charge in [-0.05, 0) is 31.5 Å². The molecular formula is C16H21N3O4S. The topological polar surface area (TPSA) is 92.5 Å². The van der Waals surface area contributed by atoms with Crippen LogP contribution in [0, 0.1) is 13.8 Å². The van der Waals surface area contributed by atoms with Crippen molar-refractivity contribution >= 4 is 21.6 Å². The Morgan fingerprint density at radius 3 is 2.42 bits per heavy atom. The second-order valence-electron chi connectivity index (χ2n) is 5.36. The molecule has 0 saturated carbocycles. The molecule has 0 aliphatic carbocycles.